The Morgan fingerprint density at radius 2 is 1.57 bits per heavy atom. The van der Waals surface area contributed by atoms with E-state index in [0.717, 1.165) is 0 Å². The number of carbonyl (C=O) groups excluding carboxylic acids is 4. The lowest BCUT2D eigenvalue weighted by molar-refractivity contribution is -0.119. The Morgan fingerprint density at radius 1 is 0.914 bits per heavy atom. The first-order chi connectivity index (χ1) is 16.8. The van der Waals surface area contributed by atoms with Gasteiger partial charge in [0.05, 0.1) is 41.7 Å². The zero-order chi connectivity index (χ0) is 25.3. The van der Waals surface area contributed by atoms with Crippen molar-refractivity contribution >= 4 is 46.4 Å². The van der Waals surface area contributed by atoms with Crippen LogP contribution in [0.4, 0.5) is 11.4 Å². The van der Waals surface area contributed by atoms with E-state index in [0.29, 0.717) is 5.75 Å². The van der Waals surface area contributed by atoms with Crippen molar-refractivity contribution < 1.29 is 33.4 Å². The van der Waals surface area contributed by atoms with Crippen molar-refractivity contribution in [2.75, 3.05) is 31.9 Å². The summed E-state index contributed by atoms with van der Waals surface area (Å²) in [5.74, 6) is -1.85. The van der Waals surface area contributed by atoms with Gasteiger partial charge in [-0.05, 0) is 12.1 Å². The van der Waals surface area contributed by atoms with Gasteiger partial charge in [-0.3, -0.25) is 14.4 Å². The van der Waals surface area contributed by atoms with E-state index < -0.39 is 24.3 Å². The highest BCUT2D eigenvalue weighted by atomic mass is 35.5. The number of nitrogen functional groups attached to an aromatic ring is 1. The maximum Gasteiger partial charge on any atom is 0.340 e. The summed E-state index contributed by atoms with van der Waals surface area (Å²) in [5.41, 5.74) is 6.55. The Morgan fingerprint density at radius 3 is 2.23 bits per heavy atom. The van der Waals surface area contributed by atoms with Crippen molar-refractivity contribution in [3.8, 4) is 11.5 Å². The molecule has 0 saturated carbocycles. The second-order valence-corrected chi connectivity index (χ2v) is 7.87. The molecule has 1 amide bonds. The van der Waals surface area contributed by atoms with Crippen LogP contribution in [-0.4, -0.2) is 44.3 Å². The van der Waals surface area contributed by atoms with Crippen molar-refractivity contribution in [1.82, 2.24) is 0 Å². The van der Waals surface area contributed by atoms with Crippen LogP contribution in [0.1, 0.15) is 42.2 Å². The SMILES string of the molecule is COc1cc(NC(=O)COC(=O)c2ccc3c(c2N)C(=O)c2ccccc2C3=O)c(OC)cc1Cl. The highest BCUT2D eigenvalue weighted by molar-refractivity contribution is 6.32. The standard InChI is InChI=1S/C25H19ClN2O7/c1-33-18-10-17(19(34-2)9-16(18)26)28-20(29)11-35-25(32)15-8-7-14-21(22(15)27)24(31)13-6-4-3-5-12(13)23(14)30/h3-10H,11,27H2,1-2H3,(H,28,29). The molecule has 0 radical (unpaired) electrons. The summed E-state index contributed by atoms with van der Waals surface area (Å²) in [6, 6.07) is 11.9. The van der Waals surface area contributed by atoms with Crippen molar-refractivity contribution in [3.05, 3.63) is 81.4 Å². The van der Waals surface area contributed by atoms with Crippen LogP contribution in [0.3, 0.4) is 0 Å². The number of halogens is 1. The second kappa shape index (κ2) is 9.47. The van der Waals surface area contributed by atoms with Crippen LogP contribution >= 0.6 is 11.6 Å². The summed E-state index contributed by atoms with van der Waals surface area (Å²) < 4.78 is 15.4. The van der Waals surface area contributed by atoms with Crippen LogP contribution in [-0.2, 0) is 9.53 Å². The fourth-order valence-corrected chi connectivity index (χ4v) is 3.97. The zero-order valence-corrected chi connectivity index (χ0v) is 19.4. The van der Waals surface area contributed by atoms with Crippen molar-refractivity contribution in [3.63, 3.8) is 0 Å². The molecule has 1 aliphatic carbocycles. The van der Waals surface area contributed by atoms with Crippen LogP contribution in [0, 0.1) is 0 Å². The monoisotopic (exact) mass is 494 g/mol. The van der Waals surface area contributed by atoms with E-state index in [1.807, 2.05) is 0 Å². The van der Waals surface area contributed by atoms with E-state index in [1.165, 1.54) is 44.6 Å². The van der Waals surface area contributed by atoms with Crippen LogP contribution in [0.15, 0.2) is 48.5 Å². The molecular weight excluding hydrogens is 476 g/mol. The third-order valence-electron chi connectivity index (χ3n) is 5.44. The molecule has 0 atom stereocenters. The number of hydrogen-bond acceptors (Lipinski definition) is 8. The Hall–Kier alpha value is -4.37. The quantitative estimate of drug-likeness (QED) is 0.307. The van der Waals surface area contributed by atoms with E-state index in [4.69, 9.17) is 31.5 Å². The molecule has 35 heavy (non-hydrogen) atoms. The number of ketones is 2. The third-order valence-corrected chi connectivity index (χ3v) is 5.73. The molecule has 3 aromatic carbocycles. The van der Waals surface area contributed by atoms with Gasteiger partial charge in [0.2, 0.25) is 0 Å². The topological polar surface area (TPSA) is 134 Å². The molecule has 0 aromatic heterocycles. The number of benzene rings is 3. The number of nitrogens with two attached hydrogens (primary N) is 1. The van der Waals surface area contributed by atoms with Gasteiger partial charge in [-0.15, -0.1) is 0 Å². The first-order valence-corrected chi connectivity index (χ1v) is 10.6. The minimum absolute atomic E-state index is 0.0643. The molecule has 0 spiro atoms. The molecule has 3 aromatic rings. The largest absolute Gasteiger partial charge is 0.495 e. The number of amides is 1. The van der Waals surface area contributed by atoms with Gasteiger partial charge in [0, 0.05) is 28.8 Å². The Bertz CT molecular complexity index is 1400. The summed E-state index contributed by atoms with van der Waals surface area (Å²) in [6.45, 7) is -0.654. The van der Waals surface area contributed by atoms with Gasteiger partial charge < -0.3 is 25.3 Å². The minimum atomic E-state index is -0.930. The second-order valence-electron chi connectivity index (χ2n) is 7.46. The third kappa shape index (κ3) is 4.29. The Kier molecular flexibility index (Phi) is 6.44. The van der Waals surface area contributed by atoms with Gasteiger partial charge in [-0.25, -0.2) is 4.79 Å². The van der Waals surface area contributed by atoms with E-state index in [1.54, 1.807) is 18.2 Å². The van der Waals surface area contributed by atoms with Gasteiger partial charge in [-0.2, -0.15) is 0 Å². The highest BCUT2D eigenvalue weighted by Crippen LogP contribution is 2.36. The van der Waals surface area contributed by atoms with Gasteiger partial charge in [-0.1, -0.05) is 35.9 Å². The number of anilines is 2. The Labute approximate surface area is 204 Å². The molecule has 178 valence electrons. The van der Waals surface area contributed by atoms with E-state index in [9.17, 15) is 19.2 Å². The van der Waals surface area contributed by atoms with Gasteiger partial charge in [0.25, 0.3) is 5.91 Å². The Balaban J connectivity index is 1.51. The average molecular weight is 495 g/mol. The maximum atomic E-state index is 13.0. The predicted molar refractivity (Wildman–Crippen MR) is 128 cm³/mol. The number of rotatable bonds is 6. The van der Waals surface area contributed by atoms with Gasteiger partial charge in [0.15, 0.2) is 18.2 Å². The van der Waals surface area contributed by atoms with E-state index >= 15 is 0 Å². The summed E-state index contributed by atoms with van der Waals surface area (Å²) in [7, 11) is 2.82. The minimum Gasteiger partial charge on any atom is -0.495 e. The molecule has 1 aliphatic rings. The number of carbonyl (C=O) groups is 4. The molecule has 0 aliphatic heterocycles. The van der Waals surface area contributed by atoms with E-state index in [2.05, 4.69) is 5.32 Å². The molecule has 10 heteroatoms. The lowest BCUT2D eigenvalue weighted by Gasteiger charge is -2.20. The highest BCUT2D eigenvalue weighted by Gasteiger charge is 2.33. The number of ether oxygens (including phenoxy) is 3. The number of hydrogen-bond donors (Lipinski definition) is 2. The molecule has 0 saturated heterocycles. The number of fused-ring (bicyclic) bond motifs is 2. The van der Waals surface area contributed by atoms with Crippen LogP contribution in [0.2, 0.25) is 5.02 Å². The van der Waals surface area contributed by atoms with Gasteiger partial charge >= 0.3 is 5.97 Å². The van der Waals surface area contributed by atoms with Crippen molar-refractivity contribution in [1.29, 1.82) is 0 Å². The average Bonchev–Trinajstić information content (AvgIpc) is 2.86. The summed E-state index contributed by atoms with van der Waals surface area (Å²) >= 11 is 6.06. The van der Waals surface area contributed by atoms with E-state index in [-0.39, 0.29) is 55.7 Å². The normalized spacial score (nSPS) is 11.9. The fourth-order valence-electron chi connectivity index (χ4n) is 3.74. The summed E-state index contributed by atoms with van der Waals surface area (Å²) in [4.78, 5) is 50.8. The molecule has 0 heterocycles. The summed E-state index contributed by atoms with van der Waals surface area (Å²) in [6.07, 6.45) is 0. The van der Waals surface area contributed by atoms with Crippen molar-refractivity contribution in [2.45, 2.75) is 0 Å². The first kappa shape index (κ1) is 23.8. The maximum absolute atomic E-state index is 13.0. The van der Waals surface area contributed by atoms with Crippen LogP contribution in [0.25, 0.3) is 0 Å². The number of methoxy groups -OCH3 is 2. The fraction of sp³-hybridized carbons (Fsp3) is 0.120. The van der Waals surface area contributed by atoms with Crippen LogP contribution < -0.4 is 20.5 Å². The van der Waals surface area contributed by atoms with Crippen LogP contribution in [0.5, 0.6) is 11.5 Å². The molecule has 9 nitrogen and oxygen atoms in total. The van der Waals surface area contributed by atoms with Crippen molar-refractivity contribution in [2.24, 2.45) is 0 Å². The molecule has 4 rings (SSSR count). The molecule has 0 unspecified atom stereocenters. The predicted octanol–water partition coefficient (Wildman–Crippen LogP) is 3.51. The first-order valence-electron chi connectivity index (χ1n) is 10.3. The summed E-state index contributed by atoms with van der Waals surface area (Å²) in [5, 5.41) is 2.83. The molecule has 0 fully saturated rings. The number of esters is 1. The molecular formula is C25H19ClN2O7. The lowest BCUT2D eigenvalue weighted by Crippen LogP contribution is -2.25. The molecule has 3 N–H and O–H groups in total. The smallest absolute Gasteiger partial charge is 0.340 e. The lowest BCUT2D eigenvalue weighted by atomic mass is 9.82. The zero-order valence-electron chi connectivity index (χ0n) is 18.6. The van der Waals surface area contributed by atoms with Gasteiger partial charge in [0.1, 0.15) is 11.5 Å². The number of nitrogens with one attached hydrogen (secondary N) is 1. The molecule has 0 bridgehead atoms.